The maximum absolute atomic E-state index is 10.4. The number of hydrogen-bond donors (Lipinski definition) is 1. The van der Waals surface area contributed by atoms with Crippen molar-refractivity contribution in [3.8, 4) is 5.69 Å². The zero-order valence-electron chi connectivity index (χ0n) is 8.75. The van der Waals surface area contributed by atoms with Gasteiger partial charge in [-0.05, 0) is 46.4 Å². The van der Waals surface area contributed by atoms with E-state index < -0.39 is 5.97 Å². The highest BCUT2D eigenvalue weighted by molar-refractivity contribution is 14.1. The van der Waals surface area contributed by atoms with E-state index in [0.717, 1.165) is 20.9 Å². The second-order valence-corrected chi connectivity index (χ2v) is 4.62. The highest BCUT2D eigenvalue weighted by atomic mass is 127. The fraction of sp³-hybridized carbons (Fsp3) is 0. The van der Waals surface area contributed by atoms with E-state index in [-0.39, 0.29) is 0 Å². The molecule has 2 aromatic rings. The summed E-state index contributed by atoms with van der Waals surface area (Å²) in [5, 5.41) is 12.8. The van der Waals surface area contributed by atoms with E-state index >= 15 is 0 Å². The molecule has 1 aromatic carbocycles. The molecule has 1 N–H and O–H groups in total. The van der Waals surface area contributed by atoms with Gasteiger partial charge >= 0.3 is 5.97 Å². The van der Waals surface area contributed by atoms with Crippen LogP contribution < -0.4 is 0 Å². The van der Waals surface area contributed by atoms with Crippen LogP contribution in [0, 0.1) is 3.57 Å². The van der Waals surface area contributed by atoms with Gasteiger partial charge in [0.15, 0.2) is 0 Å². The molecule has 0 spiro atoms. The molecule has 0 saturated heterocycles. The van der Waals surface area contributed by atoms with Gasteiger partial charge < -0.3 is 5.11 Å². The van der Waals surface area contributed by atoms with Crippen LogP contribution in [0.3, 0.4) is 0 Å². The van der Waals surface area contributed by atoms with Crippen LogP contribution >= 0.6 is 22.6 Å². The van der Waals surface area contributed by atoms with Crippen LogP contribution in [-0.4, -0.2) is 20.9 Å². The average Bonchev–Trinajstić information content (AvgIpc) is 2.74. The van der Waals surface area contributed by atoms with E-state index in [0.29, 0.717) is 0 Å². The minimum Gasteiger partial charge on any atom is -0.478 e. The Balaban J connectivity index is 2.31. The highest BCUT2D eigenvalue weighted by Crippen LogP contribution is 2.13. The van der Waals surface area contributed by atoms with Gasteiger partial charge in [-0.2, -0.15) is 5.10 Å². The Morgan fingerprint density at radius 3 is 2.94 bits per heavy atom. The molecule has 1 aromatic heterocycles. The lowest BCUT2D eigenvalue weighted by atomic mass is 10.2. The number of aromatic nitrogens is 2. The summed E-state index contributed by atoms with van der Waals surface area (Å²) in [6, 6.07) is 7.51. The third kappa shape index (κ3) is 3.16. The summed E-state index contributed by atoms with van der Waals surface area (Å²) in [4.78, 5) is 10.4. The number of carboxylic acids is 1. The second kappa shape index (κ2) is 5.13. The summed E-state index contributed by atoms with van der Waals surface area (Å²) in [5.41, 5.74) is 1.73. The number of halogens is 1. The fourth-order valence-corrected chi connectivity index (χ4v) is 1.77. The Labute approximate surface area is 112 Å². The molecule has 86 valence electrons. The maximum Gasteiger partial charge on any atom is 0.328 e. The van der Waals surface area contributed by atoms with Gasteiger partial charge in [0.05, 0.1) is 15.5 Å². The van der Waals surface area contributed by atoms with Crippen LogP contribution in [-0.2, 0) is 4.79 Å². The monoisotopic (exact) mass is 340 g/mol. The first kappa shape index (κ1) is 11.8. The molecule has 0 fully saturated rings. The largest absolute Gasteiger partial charge is 0.478 e. The Morgan fingerprint density at radius 1 is 1.47 bits per heavy atom. The van der Waals surface area contributed by atoms with Crippen molar-refractivity contribution in [1.29, 1.82) is 0 Å². The predicted octanol–water partition coefficient (Wildman–Crippen LogP) is 2.57. The molecule has 5 heteroatoms. The van der Waals surface area contributed by atoms with E-state index in [1.165, 1.54) is 0 Å². The Bertz CT molecular complexity index is 575. The molecule has 0 amide bonds. The SMILES string of the molecule is O=C(O)C=Cc1cccc(-n2cc(I)cn2)c1. The Hall–Kier alpha value is -1.63. The molecule has 0 aliphatic heterocycles. The highest BCUT2D eigenvalue weighted by Gasteiger charge is 1.99. The molecular weight excluding hydrogens is 331 g/mol. The van der Waals surface area contributed by atoms with E-state index in [2.05, 4.69) is 27.7 Å². The van der Waals surface area contributed by atoms with Crippen LogP contribution in [0.25, 0.3) is 11.8 Å². The van der Waals surface area contributed by atoms with Crippen molar-refractivity contribution in [2.45, 2.75) is 0 Å². The van der Waals surface area contributed by atoms with Crippen LogP contribution in [0.1, 0.15) is 5.56 Å². The zero-order valence-corrected chi connectivity index (χ0v) is 10.9. The molecule has 0 radical (unpaired) electrons. The van der Waals surface area contributed by atoms with Gasteiger partial charge in [-0.25, -0.2) is 9.48 Å². The Morgan fingerprint density at radius 2 is 2.29 bits per heavy atom. The third-order valence-electron chi connectivity index (χ3n) is 2.10. The average molecular weight is 340 g/mol. The topological polar surface area (TPSA) is 55.1 Å². The van der Waals surface area contributed by atoms with Crippen molar-refractivity contribution in [3.05, 3.63) is 51.9 Å². The minimum atomic E-state index is -0.955. The number of aliphatic carboxylic acids is 1. The van der Waals surface area contributed by atoms with Crippen molar-refractivity contribution >= 4 is 34.6 Å². The molecule has 4 nitrogen and oxygen atoms in total. The number of nitrogens with zero attached hydrogens (tertiary/aromatic N) is 2. The van der Waals surface area contributed by atoms with Gasteiger partial charge in [0.25, 0.3) is 0 Å². The third-order valence-corrected chi connectivity index (χ3v) is 2.66. The lowest BCUT2D eigenvalue weighted by molar-refractivity contribution is -0.131. The van der Waals surface area contributed by atoms with E-state index in [4.69, 9.17) is 5.11 Å². The first-order valence-electron chi connectivity index (χ1n) is 4.87. The van der Waals surface area contributed by atoms with Crippen molar-refractivity contribution < 1.29 is 9.90 Å². The van der Waals surface area contributed by atoms with Crippen molar-refractivity contribution in [1.82, 2.24) is 9.78 Å². The molecule has 2 rings (SSSR count). The molecule has 0 unspecified atom stereocenters. The van der Waals surface area contributed by atoms with Gasteiger partial charge in [0.2, 0.25) is 0 Å². The Kier molecular flexibility index (Phi) is 3.58. The summed E-state index contributed by atoms with van der Waals surface area (Å²) >= 11 is 2.19. The van der Waals surface area contributed by atoms with Gasteiger partial charge in [-0.15, -0.1) is 0 Å². The maximum atomic E-state index is 10.4. The summed E-state index contributed by atoms with van der Waals surface area (Å²) in [6.07, 6.45) is 6.34. The molecular formula is C12H9IN2O2. The van der Waals surface area contributed by atoms with Gasteiger partial charge in [-0.1, -0.05) is 12.1 Å². The second-order valence-electron chi connectivity index (χ2n) is 3.37. The standard InChI is InChI=1S/C12H9IN2O2/c13-10-7-14-15(8-10)11-3-1-2-9(6-11)4-5-12(16)17/h1-8H,(H,16,17). The summed E-state index contributed by atoms with van der Waals surface area (Å²) in [6.45, 7) is 0. The van der Waals surface area contributed by atoms with Crippen LogP contribution in [0.2, 0.25) is 0 Å². The zero-order chi connectivity index (χ0) is 12.3. The number of carbonyl (C=O) groups is 1. The fourth-order valence-electron chi connectivity index (χ4n) is 1.38. The summed E-state index contributed by atoms with van der Waals surface area (Å²) in [7, 11) is 0. The van der Waals surface area contributed by atoms with Gasteiger partial charge in [0, 0.05) is 12.3 Å². The molecule has 0 aliphatic carbocycles. The minimum absolute atomic E-state index is 0.829. The number of rotatable bonds is 3. The first-order chi connectivity index (χ1) is 8.15. The molecule has 0 aliphatic rings. The van der Waals surface area contributed by atoms with Crippen molar-refractivity contribution in [3.63, 3.8) is 0 Å². The van der Waals surface area contributed by atoms with E-state index in [1.807, 2.05) is 30.5 Å². The number of hydrogen-bond acceptors (Lipinski definition) is 2. The molecule has 0 bridgehead atoms. The van der Waals surface area contributed by atoms with Crippen LogP contribution in [0.5, 0.6) is 0 Å². The van der Waals surface area contributed by atoms with Crippen molar-refractivity contribution in [2.24, 2.45) is 0 Å². The lowest BCUT2D eigenvalue weighted by Crippen LogP contribution is -1.94. The van der Waals surface area contributed by atoms with Gasteiger partial charge in [0.1, 0.15) is 0 Å². The molecule has 17 heavy (non-hydrogen) atoms. The summed E-state index contributed by atoms with van der Waals surface area (Å²) in [5.74, 6) is -0.955. The predicted molar refractivity (Wildman–Crippen MR) is 73.0 cm³/mol. The molecule has 1 heterocycles. The summed E-state index contributed by atoms with van der Waals surface area (Å²) < 4.78 is 2.80. The van der Waals surface area contributed by atoms with Crippen LogP contribution in [0.4, 0.5) is 0 Å². The number of carboxylic acid groups (broad SMARTS) is 1. The lowest BCUT2D eigenvalue weighted by Gasteiger charge is -2.01. The smallest absolute Gasteiger partial charge is 0.328 e. The molecule has 0 atom stereocenters. The van der Waals surface area contributed by atoms with E-state index in [9.17, 15) is 4.79 Å². The number of benzene rings is 1. The van der Waals surface area contributed by atoms with Gasteiger partial charge in [-0.3, -0.25) is 0 Å². The molecule has 0 saturated carbocycles. The quantitative estimate of drug-likeness (QED) is 0.690. The van der Waals surface area contributed by atoms with Crippen molar-refractivity contribution in [2.75, 3.05) is 0 Å². The normalized spacial score (nSPS) is 10.9. The van der Waals surface area contributed by atoms with Crippen LogP contribution in [0.15, 0.2) is 42.7 Å². The van der Waals surface area contributed by atoms with E-state index in [1.54, 1.807) is 17.0 Å². The first-order valence-corrected chi connectivity index (χ1v) is 5.94.